The molecule has 0 saturated heterocycles. The molecule has 0 fully saturated rings. The number of ketones is 1. The molecule has 0 aromatic rings. The minimum atomic E-state index is -0.139. The number of ether oxygens (including phenoxy) is 1. The van der Waals surface area contributed by atoms with Crippen LogP contribution < -0.4 is 0 Å². The Morgan fingerprint density at radius 1 is 1.42 bits per heavy atom. The van der Waals surface area contributed by atoms with Gasteiger partial charge in [-0.15, -0.1) is 0 Å². The van der Waals surface area contributed by atoms with Crippen LogP contribution in [0.5, 0.6) is 0 Å². The third-order valence-corrected chi connectivity index (χ3v) is 1.29. The number of rotatable bonds is 2. The molecule has 0 aliphatic carbocycles. The monoisotopic (exact) mass is 174 g/mol. The highest BCUT2D eigenvalue weighted by Gasteiger charge is 2.14. The molecule has 0 unspecified atom stereocenters. The number of hydrogen-bond acceptors (Lipinski definition) is 3. The van der Waals surface area contributed by atoms with E-state index in [9.17, 15) is 9.59 Å². The summed E-state index contributed by atoms with van der Waals surface area (Å²) in [5.74, 6) is 0.243. The zero-order valence-electron chi connectivity index (χ0n) is 8.51. The first-order chi connectivity index (χ1) is 5.36. The van der Waals surface area contributed by atoms with E-state index in [1.807, 2.05) is 20.8 Å². The van der Waals surface area contributed by atoms with Gasteiger partial charge in [0, 0.05) is 5.41 Å². The van der Waals surface area contributed by atoms with Crippen LogP contribution in [0.15, 0.2) is 0 Å². The van der Waals surface area contributed by atoms with E-state index in [1.165, 1.54) is 0 Å². The van der Waals surface area contributed by atoms with Gasteiger partial charge >= 0.3 is 0 Å². The van der Waals surface area contributed by atoms with Crippen LogP contribution in [-0.2, 0) is 14.3 Å². The van der Waals surface area contributed by atoms with Crippen LogP contribution in [0.4, 0.5) is 0 Å². The summed E-state index contributed by atoms with van der Waals surface area (Å²) in [5, 5.41) is 0. The fraction of sp³-hybridized carbons (Fsp3) is 0.778. The third-order valence-electron chi connectivity index (χ3n) is 1.29. The summed E-state index contributed by atoms with van der Waals surface area (Å²) in [5.41, 5.74) is -0.139. The highest BCUT2D eigenvalue weighted by atomic mass is 16.5. The molecule has 0 rings (SSSR count). The fourth-order valence-corrected chi connectivity index (χ4v) is 0.0680. The third kappa shape index (κ3) is 11.9. The summed E-state index contributed by atoms with van der Waals surface area (Å²) in [4.78, 5) is 19.6. The Balaban J connectivity index is 0. The first kappa shape index (κ1) is 13.7. The van der Waals surface area contributed by atoms with Gasteiger partial charge in [0.1, 0.15) is 5.78 Å². The number of carbonyl (C=O) groups excluding carboxylic acids is 2. The van der Waals surface area contributed by atoms with Crippen LogP contribution >= 0.6 is 0 Å². The molecule has 0 atom stereocenters. The maximum atomic E-state index is 10.5. The molecular formula is C9H18O3. The van der Waals surface area contributed by atoms with Crippen molar-refractivity contribution in [3.8, 4) is 0 Å². The second-order valence-electron chi connectivity index (χ2n) is 3.36. The molecule has 0 aliphatic heterocycles. The lowest BCUT2D eigenvalue weighted by Gasteiger charge is -2.11. The van der Waals surface area contributed by atoms with Gasteiger partial charge in [-0.3, -0.25) is 9.59 Å². The quantitative estimate of drug-likeness (QED) is 0.599. The Bertz CT molecular complexity index is 133. The smallest absolute Gasteiger partial charge is 0.293 e. The summed E-state index contributed by atoms with van der Waals surface area (Å²) in [6.45, 7) is 10.0. The molecule has 0 heterocycles. The Kier molecular flexibility index (Phi) is 7.80. The van der Waals surface area contributed by atoms with Crippen LogP contribution in [0.2, 0.25) is 0 Å². The molecule has 3 heteroatoms. The number of carbonyl (C=O) groups is 2. The Morgan fingerprint density at radius 2 is 1.75 bits per heavy atom. The average molecular weight is 174 g/mol. The van der Waals surface area contributed by atoms with Crippen LogP contribution in [0, 0.1) is 5.41 Å². The van der Waals surface area contributed by atoms with Gasteiger partial charge in [0.05, 0.1) is 6.61 Å². The van der Waals surface area contributed by atoms with Crippen molar-refractivity contribution in [2.24, 2.45) is 5.41 Å². The molecule has 0 bridgehead atoms. The average Bonchev–Trinajstić information content (AvgIpc) is 1.88. The van der Waals surface area contributed by atoms with Crippen molar-refractivity contribution in [3.63, 3.8) is 0 Å². The Hall–Kier alpha value is -0.860. The summed E-state index contributed by atoms with van der Waals surface area (Å²) in [7, 11) is 0. The van der Waals surface area contributed by atoms with Crippen molar-refractivity contribution < 1.29 is 14.3 Å². The van der Waals surface area contributed by atoms with Crippen molar-refractivity contribution in [3.05, 3.63) is 0 Å². The zero-order chi connectivity index (χ0) is 10.2. The van der Waals surface area contributed by atoms with E-state index in [4.69, 9.17) is 0 Å². The topological polar surface area (TPSA) is 43.4 Å². The van der Waals surface area contributed by atoms with Gasteiger partial charge in [0.15, 0.2) is 0 Å². The highest BCUT2D eigenvalue weighted by Crippen LogP contribution is 2.12. The SMILES string of the molecule is CC(=O)C(C)(C)C.CCOC=O. The second kappa shape index (κ2) is 6.83. The first-order valence-corrected chi connectivity index (χ1v) is 3.92. The molecule has 0 radical (unpaired) electrons. The maximum absolute atomic E-state index is 10.5. The van der Waals surface area contributed by atoms with Gasteiger partial charge in [-0.25, -0.2) is 0 Å². The summed E-state index contributed by atoms with van der Waals surface area (Å²) < 4.78 is 4.15. The van der Waals surface area contributed by atoms with Crippen molar-refractivity contribution in [1.29, 1.82) is 0 Å². The Morgan fingerprint density at radius 3 is 1.75 bits per heavy atom. The van der Waals surface area contributed by atoms with Gasteiger partial charge in [-0.05, 0) is 13.8 Å². The molecule has 0 aromatic heterocycles. The lowest BCUT2D eigenvalue weighted by Crippen LogP contribution is -2.15. The molecule has 0 saturated carbocycles. The normalized spacial score (nSPS) is 9.42. The standard InChI is InChI=1S/C6H12O.C3H6O2/c1-5(7)6(2,3)4;1-2-5-3-4/h1-4H3;3H,2H2,1H3. The number of hydrogen-bond donors (Lipinski definition) is 0. The predicted molar refractivity (Wildman–Crippen MR) is 47.8 cm³/mol. The van der Waals surface area contributed by atoms with Crippen molar-refractivity contribution in [1.82, 2.24) is 0 Å². The van der Waals surface area contributed by atoms with E-state index in [2.05, 4.69) is 4.74 Å². The molecule has 0 amide bonds. The van der Waals surface area contributed by atoms with Crippen LogP contribution in [-0.4, -0.2) is 18.9 Å². The molecule has 0 N–H and O–H groups in total. The summed E-state index contributed by atoms with van der Waals surface area (Å²) >= 11 is 0. The minimum Gasteiger partial charge on any atom is -0.468 e. The van der Waals surface area contributed by atoms with E-state index < -0.39 is 0 Å². The molecule has 3 nitrogen and oxygen atoms in total. The van der Waals surface area contributed by atoms with Crippen molar-refractivity contribution in [2.45, 2.75) is 34.6 Å². The molecule has 0 aliphatic rings. The lowest BCUT2D eigenvalue weighted by molar-refractivity contribution is -0.128. The minimum absolute atomic E-state index is 0.139. The van der Waals surface area contributed by atoms with Crippen LogP contribution in [0.1, 0.15) is 34.6 Å². The fourth-order valence-electron chi connectivity index (χ4n) is 0.0680. The van der Waals surface area contributed by atoms with E-state index in [-0.39, 0.29) is 11.2 Å². The maximum Gasteiger partial charge on any atom is 0.293 e. The van der Waals surface area contributed by atoms with E-state index in [1.54, 1.807) is 13.8 Å². The summed E-state index contributed by atoms with van der Waals surface area (Å²) in [6.07, 6.45) is 0. The van der Waals surface area contributed by atoms with E-state index in [0.29, 0.717) is 13.1 Å². The molecule has 0 aromatic carbocycles. The predicted octanol–water partition coefficient (Wildman–Crippen LogP) is 1.80. The van der Waals surface area contributed by atoms with E-state index in [0.717, 1.165) is 0 Å². The molecule has 12 heavy (non-hydrogen) atoms. The lowest BCUT2D eigenvalue weighted by atomic mass is 9.92. The van der Waals surface area contributed by atoms with Crippen LogP contribution in [0.3, 0.4) is 0 Å². The molecule has 72 valence electrons. The van der Waals surface area contributed by atoms with Crippen molar-refractivity contribution in [2.75, 3.05) is 6.61 Å². The summed E-state index contributed by atoms with van der Waals surface area (Å²) in [6, 6.07) is 0. The zero-order valence-corrected chi connectivity index (χ0v) is 8.51. The highest BCUT2D eigenvalue weighted by molar-refractivity contribution is 5.80. The Labute approximate surface area is 74.1 Å². The van der Waals surface area contributed by atoms with Gasteiger partial charge in [0.2, 0.25) is 0 Å². The van der Waals surface area contributed by atoms with Gasteiger partial charge in [-0.2, -0.15) is 0 Å². The first-order valence-electron chi connectivity index (χ1n) is 3.92. The molecular weight excluding hydrogens is 156 g/mol. The van der Waals surface area contributed by atoms with Gasteiger partial charge < -0.3 is 4.74 Å². The van der Waals surface area contributed by atoms with Gasteiger partial charge in [0.25, 0.3) is 6.47 Å². The van der Waals surface area contributed by atoms with Crippen molar-refractivity contribution >= 4 is 12.3 Å². The van der Waals surface area contributed by atoms with Gasteiger partial charge in [-0.1, -0.05) is 20.8 Å². The largest absolute Gasteiger partial charge is 0.468 e. The number of Topliss-reactive ketones (excluding diaryl/α,β-unsaturated/α-hetero) is 1. The molecule has 0 spiro atoms. The second-order valence-corrected chi connectivity index (χ2v) is 3.36. The van der Waals surface area contributed by atoms with Crippen LogP contribution in [0.25, 0.3) is 0 Å². The van der Waals surface area contributed by atoms with E-state index >= 15 is 0 Å².